The quantitative estimate of drug-likeness (QED) is 0.232. The first kappa shape index (κ1) is 20.7. The number of halogens is 4. The van der Waals surface area contributed by atoms with Crippen LogP contribution in [0.3, 0.4) is 0 Å². The molecule has 0 aromatic rings. The molecule has 1 amide bonds. The highest BCUT2D eigenvalue weighted by molar-refractivity contribution is 7.81. The summed E-state index contributed by atoms with van der Waals surface area (Å²) in [4.78, 5) is 23.1. The lowest BCUT2D eigenvalue weighted by molar-refractivity contribution is -0.229. The summed E-state index contributed by atoms with van der Waals surface area (Å²) < 4.78 is 60.7. The monoisotopic (exact) mass is 347 g/mol. The topological polar surface area (TPSA) is 64.6 Å². The van der Waals surface area contributed by atoms with Crippen LogP contribution in [0.25, 0.3) is 0 Å². The second kappa shape index (κ2) is 7.32. The molecule has 128 valence electrons. The molecule has 0 radical (unpaired) electrons. The van der Waals surface area contributed by atoms with Gasteiger partial charge < -0.3 is 14.8 Å². The number of alkyl halides is 4. The van der Waals surface area contributed by atoms with Crippen molar-refractivity contribution >= 4 is 24.5 Å². The van der Waals surface area contributed by atoms with Crippen LogP contribution < -0.4 is 5.32 Å². The van der Waals surface area contributed by atoms with Crippen LogP contribution in [0.2, 0.25) is 0 Å². The average Bonchev–Trinajstić information content (AvgIpc) is 2.35. The smallest absolute Gasteiger partial charge is 0.353 e. The molecule has 0 aromatic carbocycles. The molecule has 0 rings (SSSR count). The van der Waals surface area contributed by atoms with E-state index in [1.54, 1.807) is 0 Å². The van der Waals surface area contributed by atoms with Gasteiger partial charge in [-0.25, -0.2) is 4.79 Å². The van der Waals surface area contributed by atoms with Gasteiger partial charge in [0.2, 0.25) is 0 Å². The molecule has 0 bridgehead atoms. The van der Waals surface area contributed by atoms with Crippen LogP contribution in [0.4, 0.5) is 17.6 Å². The number of rotatable bonds is 8. The third-order valence-electron chi connectivity index (χ3n) is 2.51. The number of esters is 1. The van der Waals surface area contributed by atoms with Gasteiger partial charge in [0.25, 0.3) is 11.7 Å². The minimum Gasteiger partial charge on any atom is -0.420 e. The molecule has 1 atom stereocenters. The lowest BCUT2D eigenvalue weighted by atomic mass is 10.2. The Bertz CT molecular complexity index is 453. The predicted octanol–water partition coefficient (Wildman–Crippen LogP) is 2.13. The summed E-state index contributed by atoms with van der Waals surface area (Å²) in [5, 5.41) is -2.44. The van der Waals surface area contributed by atoms with E-state index in [9.17, 15) is 27.2 Å². The molecular weight excluding hydrogens is 330 g/mol. The van der Waals surface area contributed by atoms with E-state index in [0.29, 0.717) is 0 Å². The maximum atomic E-state index is 13.1. The predicted molar refractivity (Wildman–Crippen MR) is 72.8 cm³/mol. The summed E-state index contributed by atoms with van der Waals surface area (Å²) >= 11 is 2.51. The molecule has 0 aliphatic heterocycles. The molecule has 0 fully saturated rings. The first-order valence-corrected chi connectivity index (χ1v) is 6.44. The molecule has 22 heavy (non-hydrogen) atoms. The Kier molecular flexibility index (Phi) is 6.89. The van der Waals surface area contributed by atoms with Crippen molar-refractivity contribution in [2.75, 3.05) is 13.7 Å². The summed E-state index contributed by atoms with van der Waals surface area (Å²) in [6.07, 6.45) is -1.43. The van der Waals surface area contributed by atoms with Crippen molar-refractivity contribution in [3.8, 4) is 0 Å². The van der Waals surface area contributed by atoms with Crippen molar-refractivity contribution in [3.05, 3.63) is 12.2 Å². The fraction of sp³-hybridized carbons (Fsp3) is 0.667. The van der Waals surface area contributed by atoms with Gasteiger partial charge in [0, 0.05) is 26.0 Å². The molecule has 0 saturated heterocycles. The summed E-state index contributed by atoms with van der Waals surface area (Å²) in [5.74, 6) is -8.68. The highest BCUT2D eigenvalue weighted by atomic mass is 32.1. The number of carbonyl (C=O) groups excluding carboxylic acids is 2. The first-order valence-electron chi connectivity index (χ1n) is 6.00. The van der Waals surface area contributed by atoms with Gasteiger partial charge in [-0.2, -0.15) is 17.6 Å². The molecule has 0 aromatic heterocycles. The molecule has 0 spiro atoms. The van der Waals surface area contributed by atoms with Crippen molar-refractivity contribution in [1.29, 1.82) is 0 Å². The zero-order chi connectivity index (χ0) is 17.8. The van der Waals surface area contributed by atoms with Gasteiger partial charge >= 0.3 is 17.1 Å². The lowest BCUT2D eigenvalue weighted by Crippen LogP contribution is -2.49. The van der Waals surface area contributed by atoms with Gasteiger partial charge in [-0.1, -0.05) is 19.2 Å². The number of amides is 1. The first-order chi connectivity index (χ1) is 9.77. The highest BCUT2D eigenvalue weighted by Crippen LogP contribution is 2.39. The van der Waals surface area contributed by atoms with Gasteiger partial charge in [-0.05, 0) is 6.92 Å². The average molecular weight is 347 g/mol. The molecule has 1 unspecified atom stereocenters. The number of nitrogens with one attached hydrogen (secondary N) is 1. The van der Waals surface area contributed by atoms with Gasteiger partial charge in [-0.3, -0.25) is 4.79 Å². The summed E-state index contributed by atoms with van der Waals surface area (Å²) in [5.41, 5.74) is -0.0639. The summed E-state index contributed by atoms with van der Waals surface area (Å²) in [6.45, 7) is 4.59. The second-order valence-corrected chi connectivity index (χ2v) is 5.10. The van der Waals surface area contributed by atoms with Gasteiger partial charge in [0.05, 0.1) is 6.61 Å². The van der Waals surface area contributed by atoms with Crippen molar-refractivity contribution < 1.29 is 36.6 Å². The number of hydrogen-bond donors (Lipinski definition) is 2. The van der Waals surface area contributed by atoms with Crippen LogP contribution in [-0.2, 0) is 19.1 Å². The van der Waals surface area contributed by atoms with E-state index in [0.717, 1.165) is 6.92 Å². The standard InChI is InChI=1S/C12H17F4NO4S/c1-7(2)8(18)21-10(3,9(19)17-4)20-6-5-11(13,14)12(15,16)22/h22H,1,5-6H2,2-4H3,(H,17,19). The Morgan fingerprint density at radius 3 is 2.14 bits per heavy atom. The minimum atomic E-state index is -4.55. The summed E-state index contributed by atoms with van der Waals surface area (Å²) in [7, 11) is 1.19. The fourth-order valence-electron chi connectivity index (χ4n) is 1.16. The fourth-order valence-corrected chi connectivity index (χ4v) is 1.27. The van der Waals surface area contributed by atoms with Crippen LogP contribution in [0.5, 0.6) is 0 Å². The number of carbonyl (C=O) groups is 2. The van der Waals surface area contributed by atoms with Crippen LogP contribution >= 0.6 is 12.6 Å². The van der Waals surface area contributed by atoms with E-state index < -0.39 is 41.9 Å². The molecule has 0 aliphatic carbocycles. The Morgan fingerprint density at radius 1 is 1.27 bits per heavy atom. The van der Waals surface area contributed by atoms with Crippen molar-refractivity contribution in [2.45, 2.75) is 37.2 Å². The molecule has 0 saturated carbocycles. The lowest BCUT2D eigenvalue weighted by Gasteiger charge is -2.29. The van der Waals surface area contributed by atoms with Gasteiger partial charge in [0.15, 0.2) is 0 Å². The molecule has 1 N–H and O–H groups in total. The maximum absolute atomic E-state index is 13.1. The zero-order valence-electron chi connectivity index (χ0n) is 12.2. The van der Waals surface area contributed by atoms with Gasteiger partial charge in [-0.15, -0.1) is 0 Å². The Hall–Kier alpha value is -1.29. The molecule has 10 heteroatoms. The van der Waals surface area contributed by atoms with Crippen molar-refractivity contribution in [2.24, 2.45) is 0 Å². The second-order valence-electron chi connectivity index (χ2n) is 4.54. The number of ether oxygens (including phenoxy) is 2. The van der Waals surface area contributed by atoms with E-state index >= 15 is 0 Å². The number of hydrogen-bond acceptors (Lipinski definition) is 5. The van der Waals surface area contributed by atoms with Crippen LogP contribution in [0.1, 0.15) is 20.3 Å². The largest absolute Gasteiger partial charge is 0.420 e. The van der Waals surface area contributed by atoms with E-state index in [2.05, 4.69) is 24.5 Å². The van der Waals surface area contributed by atoms with E-state index in [4.69, 9.17) is 9.47 Å². The zero-order valence-corrected chi connectivity index (χ0v) is 13.1. The maximum Gasteiger partial charge on any atom is 0.353 e. The van der Waals surface area contributed by atoms with Crippen LogP contribution in [-0.4, -0.2) is 42.5 Å². The molecular formula is C12H17F4NO4S. The van der Waals surface area contributed by atoms with Crippen LogP contribution in [0, 0.1) is 0 Å². The van der Waals surface area contributed by atoms with Crippen molar-refractivity contribution in [1.82, 2.24) is 5.32 Å². The van der Waals surface area contributed by atoms with Crippen molar-refractivity contribution in [3.63, 3.8) is 0 Å². The highest BCUT2D eigenvalue weighted by Gasteiger charge is 2.53. The minimum absolute atomic E-state index is 0.0639. The SMILES string of the molecule is C=C(C)C(=O)OC(C)(OCCC(F)(F)C(F)(F)S)C(=O)NC. The Labute approximate surface area is 130 Å². The number of thiol groups is 1. The molecule has 5 nitrogen and oxygen atoms in total. The van der Waals surface area contributed by atoms with E-state index in [1.807, 2.05) is 0 Å². The third kappa shape index (κ3) is 5.48. The normalized spacial score (nSPS) is 14.9. The van der Waals surface area contributed by atoms with E-state index in [-0.39, 0.29) is 5.57 Å². The Balaban J connectivity index is 4.93. The van der Waals surface area contributed by atoms with Crippen LogP contribution in [0.15, 0.2) is 12.2 Å². The number of likely N-dealkylation sites (N-methyl/N-ethyl adjacent to an activating group) is 1. The van der Waals surface area contributed by atoms with Gasteiger partial charge in [0.1, 0.15) is 0 Å². The van der Waals surface area contributed by atoms with E-state index in [1.165, 1.54) is 14.0 Å². The molecule has 0 aliphatic rings. The third-order valence-corrected chi connectivity index (χ3v) is 2.84. The molecule has 0 heterocycles. The summed E-state index contributed by atoms with van der Waals surface area (Å²) in [6, 6.07) is 0. The Morgan fingerprint density at radius 2 is 1.77 bits per heavy atom.